The Morgan fingerprint density at radius 1 is 0.812 bits per heavy atom. The monoisotopic (exact) mass is 430 g/mol. The molecule has 3 rings (SSSR count). The molecule has 32 heavy (non-hydrogen) atoms. The lowest BCUT2D eigenvalue weighted by atomic mass is 9.96. The number of carbonyl (C=O) groups excluding carboxylic acids is 2. The van der Waals surface area contributed by atoms with Crippen LogP contribution < -0.4 is 15.4 Å². The molecule has 0 saturated heterocycles. The molecule has 0 aliphatic carbocycles. The lowest BCUT2D eigenvalue weighted by molar-refractivity contribution is -0.118. The predicted octanol–water partition coefficient (Wildman–Crippen LogP) is 5.64. The van der Waals surface area contributed by atoms with Gasteiger partial charge in [0, 0.05) is 11.4 Å². The van der Waals surface area contributed by atoms with E-state index in [2.05, 4.69) is 36.6 Å². The smallest absolute Gasteiger partial charge is 0.262 e. The van der Waals surface area contributed by atoms with Crippen molar-refractivity contribution in [3.8, 4) is 5.75 Å². The van der Waals surface area contributed by atoms with Gasteiger partial charge >= 0.3 is 0 Å². The molecule has 0 aromatic heterocycles. The minimum absolute atomic E-state index is 0.0928. The fraction of sp³-hybridized carbons (Fsp3) is 0.259. The Balaban J connectivity index is 1.55. The molecule has 0 bridgehead atoms. The van der Waals surface area contributed by atoms with E-state index in [0.717, 1.165) is 12.0 Å². The van der Waals surface area contributed by atoms with Gasteiger partial charge in [-0.05, 0) is 60.7 Å². The van der Waals surface area contributed by atoms with Crippen molar-refractivity contribution in [2.24, 2.45) is 5.92 Å². The first kappa shape index (κ1) is 23.1. The predicted molar refractivity (Wildman–Crippen MR) is 129 cm³/mol. The largest absolute Gasteiger partial charge is 0.484 e. The van der Waals surface area contributed by atoms with Crippen LogP contribution in [0.15, 0.2) is 78.9 Å². The van der Waals surface area contributed by atoms with Crippen LogP contribution >= 0.6 is 0 Å². The summed E-state index contributed by atoms with van der Waals surface area (Å²) in [6.45, 7) is 6.18. The SMILES string of the molecule is CC(C)Cc1ccc(C(C)C(=O)Nc2cccc(NC(=O)COc3ccccc3)c2)cc1. The highest BCUT2D eigenvalue weighted by atomic mass is 16.5. The molecule has 1 atom stereocenters. The summed E-state index contributed by atoms with van der Waals surface area (Å²) in [5, 5.41) is 5.73. The van der Waals surface area contributed by atoms with Crippen molar-refractivity contribution in [2.75, 3.05) is 17.2 Å². The average molecular weight is 431 g/mol. The summed E-state index contributed by atoms with van der Waals surface area (Å²) in [5.74, 6) is 0.569. The fourth-order valence-corrected chi connectivity index (χ4v) is 3.35. The third kappa shape index (κ3) is 6.98. The maximum absolute atomic E-state index is 12.7. The number of anilines is 2. The average Bonchev–Trinajstić information content (AvgIpc) is 2.78. The Kier molecular flexibility index (Phi) is 8.03. The number of nitrogens with one attached hydrogen (secondary N) is 2. The van der Waals surface area contributed by atoms with Gasteiger partial charge in [0.05, 0.1) is 5.92 Å². The lowest BCUT2D eigenvalue weighted by Gasteiger charge is -2.14. The second-order valence-corrected chi connectivity index (χ2v) is 8.28. The van der Waals surface area contributed by atoms with Crippen LogP contribution in [-0.4, -0.2) is 18.4 Å². The van der Waals surface area contributed by atoms with Crippen LogP contribution in [0.3, 0.4) is 0 Å². The van der Waals surface area contributed by atoms with Gasteiger partial charge in [0.15, 0.2) is 6.61 Å². The number of ether oxygens (including phenoxy) is 1. The molecule has 3 aromatic rings. The van der Waals surface area contributed by atoms with E-state index in [-0.39, 0.29) is 24.3 Å². The molecular weight excluding hydrogens is 400 g/mol. The van der Waals surface area contributed by atoms with Gasteiger partial charge in [0.25, 0.3) is 5.91 Å². The molecule has 0 radical (unpaired) electrons. The normalized spacial score (nSPS) is 11.6. The summed E-state index contributed by atoms with van der Waals surface area (Å²) in [6.07, 6.45) is 1.02. The van der Waals surface area contributed by atoms with Crippen molar-refractivity contribution in [1.82, 2.24) is 0 Å². The van der Waals surface area contributed by atoms with Gasteiger partial charge < -0.3 is 15.4 Å². The second kappa shape index (κ2) is 11.1. The number of para-hydroxylation sites is 1. The number of amides is 2. The van der Waals surface area contributed by atoms with Crippen molar-refractivity contribution in [3.05, 3.63) is 90.0 Å². The zero-order chi connectivity index (χ0) is 22.9. The first-order chi connectivity index (χ1) is 15.4. The van der Waals surface area contributed by atoms with Crippen LogP contribution in [0.5, 0.6) is 5.75 Å². The van der Waals surface area contributed by atoms with Gasteiger partial charge in [-0.25, -0.2) is 0 Å². The zero-order valence-electron chi connectivity index (χ0n) is 18.8. The van der Waals surface area contributed by atoms with Crippen molar-refractivity contribution in [2.45, 2.75) is 33.1 Å². The molecule has 2 amide bonds. The van der Waals surface area contributed by atoms with Gasteiger partial charge in [-0.2, -0.15) is 0 Å². The molecule has 0 aliphatic heterocycles. The van der Waals surface area contributed by atoms with Crippen LogP contribution in [0.4, 0.5) is 11.4 Å². The molecule has 5 heteroatoms. The van der Waals surface area contributed by atoms with Gasteiger partial charge in [0.1, 0.15) is 5.75 Å². The van der Waals surface area contributed by atoms with Crippen molar-refractivity contribution >= 4 is 23.2 Å². The minimum Gasteiger partial charge on any atom is -0.484 e. The van der Waals surface area contributed by atoms with Crippen LogP contribution in [0.2, 0.25) is 0 Å². The highest BCUT2D eigenvalue weighted by Crippen LogP contribution is 2.21. The van der Waals surface area contributed by atoms with Crippen molar-refractivity contribution in [1.29, 1.82) is 0 Å². The number of rotatable bonds is 9. The van der Waals surface area contributed by atoms with Crippen molar-refractivity contribution < 1.29 is 14.3 Å². The highest BCUT2D eigenvalue weighted by molar-refractivity contribution is 5.97. The Bertz CT molecular complexity index is 1030. The molecule has 0 aliphatic rings. The third-order valence-electron chi connectivity index (χ3n) is 5.04. The van der Waals surface area contributed by atoms with E-state index in [1.165, 1.54) is 5.56 Å². The molecule has 1 unspecified atom stereocenters. The molecule has 0 saturated carbocycles. The number of hydrogen-bond donors (Lipinski definition) is 2. The summed E-state index contributed by atoms with van der Waals surface area (Å²) in [4.78, 5) is 24.9. The number of hydrogen-bond acceptors (Lipinski definition) is 3. The first-order valence-corrected chi connectivity index (χ1v) is 10.9. The Morgan fingerprint density at radius 3 is 2.12 bits per heavy atom. The van der Waals surface area contributed by atoms with E-state index in [9.17, 15) is 9.59 Å². The number of benzene rings is 3. The summed E-state index contributed by atoms with van der Waals surface area (Å²) >= 11 is 0. The van der Waals surface area contributed by atoms with E-state index in [0.29, 0.717) is 23.0 Å². The van der Waals surface area contributed by atoms with Gasteiger partial charge in [-0.3, -0.25) is 9.59 Å². The standard InChI is InChI=1S/C27H30N2O3/c1-19(2)16-21-12-14-22(15-13-21)20(3)27(31)29-24-9-7-8-23(17-24)28-26(30)18-32-25-10-5-4-6-11-25/h4-15,17,19-20H,16,18H2,1-3H3,(H,28,30)(H,29,31). The molecule has 2 N–H and O–H groups in total. The van der Waals surface area contributed by atoms with E-state index in [1.54, 1.807) is 36.4 Å². The third-order valence-corrected chi connectivity index (χ3v) is 5.04. The number of carbonyl (C=O) groups is 2. The Labute approximate surface area is 189 Å². The van der Waals surface area contributed by atoms with E-state index in [4.69, 9.17) is 4.74 Å². The molecule has 0 heterocycles. The van der Waals surface area contributed by atoms with Crippen LogP contribution in [0, 0.1) is 5.92 Å². The maximum Gasteiger partial charge on any atom is 0.262 e. The van der Waals surface area contributed by atoms with Crippen molar-refractivity contribution in [3.63, 3.8) is 0 Å². The van der Waals surface area contributed by atoms with E-state index in [1.807, 2.05) is 37.3 Å². The Morgan fingerprint density at radius 2 is 1.47 bits per heavy atom. The van der Waals surface area contributed by atoms with E-state index >= 15 is 0 Å². The molecule has 0 spiro atoms. The van der Waals surface area contributed by atoms with E-state index < -0.39 is 0 Å². The minimum atomic E-state index is -0.291. The second-order valence-electron chi connectivity index (χ2n) is 8.28. The fourth-order valence-electron chi connectivity index (χ4n) is 3.35. The zero-order valence-corrected chi connectivity index (χ0v) is 18.8. The summed E-state index contributed by atoms with van der Waals surface area (Å²) in [6, 6.07) is 24.5. The molecule has 0 fully saturated rings. The molecular formula is C27H30N2O3. The maximum atomic E-state index is 12.7. The van der Waals surface area contributed by atoms with Gasteiger partial charge in [-0.1, -0.05) is 62.4 Å². The lowest BCUT2D eigenvalue weighted by Crippen LogP contribution is -2.21. The quantitative estimate of drug-likeness (QED) is 0.461. The van der Waals surface area contributed by atoms with Crippen LogP contribution in [0.25, 0.3) is 0 Å². The molecule has 166 valence electrons. The molecule has 5 nitrogen and oxygen atoms in total. The van der Waals surface area contributed by atoms with Crippen LogP contribution in [-0.2, 0) is 16.0 Å². The topological polar surface area (TPSA) is 67.4 Å². The molecule has 3 aromatic carbocycles. The summed E-state index contributed by atoms with van der Waals surface area (Å²) < 4.78 is 5.46. The summed E-state index contributed by atoms with van der Waals surface area (Å²) in [7, 11) is 0. The summed E-state index contributed by atoms with van der Waals surface area (Å²) in [5.41, 5.74) is 3.46. The van der Waals surface area contributed by atoms with Crippen LogP contribution in [0.1, 0.15) is 37.8 Å². The highest BCUT2D eigenvalue weighted by Gasteiger charge is 2.16. The van der Waals surface area contributed by atoms with Gasteiger partial charge in [0.2, 0.25) is 5.91 Å². The van der Waals surface area contributed by atoms with Gasteiger partial charge in [-0.15, -0.1) is 0 Å². The first-order valence-electron chi connectivity index (χ1n) is 10.9. The Hall–Kier alpha value is -3.60.